The van der Waals surface area contributed by atoms with Crippen LogP contribution in [0.3, 0.4) is 0 Å². The molecule has 0 bridgehead atoms. The molecule has 0 spiro atoms. The van der Waals surface area contributed by atoms with E-state index < -0.39 is 16.2 Å². The molecule has 0 unspecified atom stereocenters. The number of amides is 1. The molecule has 1 aromatic rings. The van der Waals surface area contributed by atoms with Gasteiger partial charge in [0.1, 0.15) is 5.82 Å². The fourth-order valence-corrected chi connectivity index (χ4v) is 2.62. The van der Waals surface area contributed by atoms with Gasteiger partial charge in [-0.2, -0.15) is 0 Å². The molecule has 1 saturated heterocycles. The Balaban J connectivity index is 2.22. The maximum absolute atomic E-state index is 13.7. The summed E-state index contributed by atoms with van der Waals surface area (Å²) in [7, 11) is 0. The van der Waals surface area contributed by atoms with E-state index in [1.54, 1.807) is 0 Å². The van der Waals surface area contributed by atoms with Crippen molar-refractivity contribution in [2.24, 2.45) is 5.41 Å². The van der Waals surface area contributed by atoms with Crippen molar-refractivity contribution in [2.45, 2.75) is 26.2 Å². The first-order valence-electron chi connectivity index (χ1n) is 6.94. The summed E-state index contributed by atoms with van der Waals surface area (Å²) in [6, 6.07) is 3.12. The van der Waals surface area contributed by atoms with E-state index in [0.29, 0.717) is 19.3 Å². The molecule has 7 heteroatoms. The summed E-state index contributed by atoms with van der Waals surface area (Å²) >= 11 is 0. The minimum atomic E-state index is -0.672. The van der Waals surface area contributed by atoms with Gasteiger partial charge in [0, 0.05) is 12.1 Å². The third kappa shape index (κ3) is 3.18. The number of hydrogen-bond acceptors (Lipinski definition) is 4. The van der Waals surface area contributed by atoms with Crippen LogP contribution in [0.1, 0.15) is 26.2 Å². The molecule has 0 saturated carbocycles. The zero-order valence-corrected chi connectivity index (χ0v) is 11.8. The highest BCUT2D eigenvalue weighted by molar-refractivity contribution is 5.95. The largest absolute Gasteiger partial charge is 0.323 e. The van der Waals surface area contributed by atoms with Gasteiger partial charge < -0.3 is 10.6 Å². The molecule has 1 aliphatic heterocycles. The first kappa shape index (κ1) is 15.4. The van der Waals surface area contributed by atoms with Gasteiger partial charge in [-0.1, -0.05) is 6.92 Å². The number of hydrogen-bond donors (Lipinski definition) is 2. The summed E-state index contributed by atoms with van der Waals surface area (Å²) in [5.74, 6) is -0.944. The van der Waals surface area contributed by atoms with Gasteiger partial charge in [0.2, 0.25) is 5.91 Å². The van der Waals surface area contributed by atoms with E-state index in [4.69, 9.17) is 0 Å². The number of nitrogens with one attached hydrogen (secondary N) is 2. The van der Waals surface area contributed by atoms with Gasteiger partial charge in [-0.05, 0) is 38.4 Å². The van der Waals surface area contributed by atoms with Crippen LogP contribution >= 0.6 is 0 Å². The molecule has 1 aliphatic rings. The number of non-ortho nitro benzene ring substituents is 1. The van der Waals surface area contributed by atoms with Crippen molar-refractivity contribution in [1.82, 2.24) is 5.32 Å². The normalized spacial score (nSPS) is 17.2. The lowest BCUT2D eigenvalue weighted by Gasteiger charge is -2.35. The summed E-state index contributed by atoms with van der Waals surface area (Å²) in [6.07, 6.45) is 1.99. The van der Waals surface area contributed by atoms with Gasteiger partial charge in [-0.3, -0.25) is 14.9 Å². The molecule has 1 fully saturated rings. The summed E-state index contributed by atoms with van der Waals surface area (Å²) in [6.45, 7) is 3.39. The SMILES string of the molecule is CCC1(C(=O)Nc2cc([N+](=O)[O-])ccc2F)CCNCC1. The van der Waals surface area contributed by atoms with Gasteiger partial charge in [0.25, 0.3) is 5.69 Å². The molecule has 1 amide bonds. The minimum absolute atomic E-state index is 0.138. The van der Waals surface area contributed by atoms with Crippen molar-refractivity contribution in [3.05, 3.63) is 34.1 Å². The standard InChI is InChI=1S/C14H18FN3O3/c1-2-14(5-7-16-8-6-14)13(19)17-12-9-10(18(20)21)3-4-11(12)15/h3-4,9,16H,2,5-8H2,1H3,(H,17,19). The molecule has 0 aromatic heterocycles. The molecular formula is C14H18FN3O3. The van der Waals surface area contributed by atoms with E-state index in [1.165, 1.54) is 0 Å². The van der Waals surface area contributed by atoms with Crippen molar-refractivity contribution in [3.63, 3.8) is 0 Å². The monoisotopic (exact) mass is 295 g/mol. The van der Waals surface area contributed by atoms with Gasteiger partial charge in [0.15, 0.2) is 0 Å². The highest BCUT2D eigenvalue weighted by Crippen LogP contribution is 2.34. The number of carbonyl (C=O) groups is 1. The average molecular weight is 295 g/mol. The number of piperidine rings is 1. The average Bonchev–Trinajstić information content (AvgIpc) is 2.49. The van der Waals surface area contributed by atoms with Crippen LogP contribution in [0.15, 0.2) is 18.2 Å². The number of rotatable bonds is 4. The predicted octanol–water partition coefficient (Wildman–Crippen LogP) is 2.45. The lowest BCUT2D eigenvalue weighted by Crippen LogP contribution is -2.44. The molecule has 0 aliphatic carbocycles. The maximum atomic E-state index is 13.7. The second-order valence-electron chi connectivity index (χ2n) is 5.26. The Morgan fingerprint density at radius 3 is 2.71 bits per heavy atom. The van der Waals surface area contributed by atoms with E-state index in [-0.39, 0.29) is 17.3 Å². The maximum Gasteiger partial charge on any atom is 0.271 e. The number of carbonyl (C=O) groups excluding carboxylic acids is 1. The van der Waals surface area contributed by atoms with Crippen LogP contribution in [0.2, 0.25) is 0 Å². The smallest absolute Gasteiger partial charge is 0.271 e. The number of benzene rings is 1. The van der Waals surface area contributed by atoms with Crippen LogP contribution in [-0.4, -0.2) is 23.9 Å². The number of halogens is 1. The molecular weight excluding hydrogens is 277 g/mol. The third-order valence-electron chi connectivity index (χ3n) is 4.13. The van der Waals surface area contributed by atoms with Gasteiger partial charge in [0.05, 0.1) is 16.0 Å². The molecule has 0 radical (unpaired) electrons. The number of nitro groups is 1. The minimum Gasteiger partial charge on any atom is -0.323 e. The van der Waals surface area contributed by atoms with E-state index in [2.05, 4.69) is 10.6 Å². The Bertz CT molecular complexity index is 556. The summed E-state index contributed by atoms with van der Waals surface area (Å²) in [4.78, 5) is 22.6. The Morgan fingerprint density at radius 1 is 1.48 bits per heavy atom. The molecule has 21 heavy (non-hydrogen) atoms. The molecule has 6 nitrogen and oxygen atoms in total. The van der Waals surface area contributed by atoms with Crippen LogP contribution in [-0.2, 0) is 4.79 Å². The highest BCUT2D eigenvalue weighted by Gasteiger charge is 2.38. The Labute approximate surface area is 121 Å². The van der Waals surface area contributed by atoms with Gasteiger partial charge >= 0.3 is 0 Å². The molecule has 1 aromatic carbocycles. The van der Waals surface area contributed by atoms with E-state index >= 15 is 0 Å². The summed E-state index contributed by atoms with van der Waals surface area (Å²) in [5, 5.41) is 16.4. The van der Waals surface area contributed by atoms with Crippen molar-refractivity contribution >= 4 is 17.3 Å². The van der Waals surface area contributed by atoms with Crippen molar-refractivity contribution in [3.8, 4) is 0 Å². The van der Waals surface area contributed by atoms with E-state index in [0.717, 1.165) is 31.3 Å². The lowest BCUT2D eigenvalue weighted by molar-refractivity contribution is -0.384. The molecule has 0 atom stereocenters. The Hall–Kier alpha value is -2.02. The quantitative estimate of drug-likeness (QED) is 0.660. The van der Waals surface area contributed by atoms with Gasteiger partial charge in [-0.15, -0.1) is 0 Å². The topological polar surface area (TPSA) is 84.3 Å². The van der Waals surface area contributed by atoms with Crippen LogP contribution in [0.4, 0.5) is 15.8 Å². The summed E-state index contributed by atoms with van der Waals surface area (Å²) in [5.41, 5.74) is -0.925. The molecule has 2 N–H and O–H groups in total. The highest BCUT2D eigenvalue weighted by atomic mass is 19.1. The first-order valence-corrected chi connectivity index (χ1v) is 6.94. The Morgan fingerprint density at radius 2 is 2.14 bits per heavy atom. The van der Waals surface area contributed by atoms with Crippen LogP contribution in [0.5, 0.6) is 0 Å². The fraction of sp³-hybridized carbons (Fsp3) is 0.500. The summed E-state index contributed by atoms with van der Waals surface area (Å²) < 4.78 is 13.7. The van der Waals surface area contributed by atoms with E-state index in [1.807, 2.05) is 6.92 Å². The van der Waals surface area contributed by atoms with Gasteiger partial charge in [-0.25, -0.2) is 4.39 Å². The van der Waals surface area contributed by atoms with Crippen molar-refractivity contribution in [2.75, 3.05) is 18.4 Å². The third-order valence-corrected chi connectivity index (χ3v) is 4.13. The van der Waals surface area contributed by atoms with E-state index in [9.17, 15) is 19.3 Å². The molecule has 2 rings (SSSR count). The number of nitrogens with zero attached hydrogens (tertiary/aromatic N) is 1. The predicted molar refractivity (Wildman–Crippen MR) is 76.5 cm³/mol. The molecule has 1 heterocycles. The second-order valence-corrected chi connectivity index (χ2v) is 5.26. The van der Waals surface area contributed by atoms with Crippen molar-refractivity contribution in [1.29, 1.82) is 0 Å². The van der Waals surface area contributed by atoms with Crippen LogP contribution < -0.4 is 10.6 Å². The second kappa shape index (κ2) is 6.17. The molecule has 114 valence electrons. The fourth-order valence-electron chi connectivity index (χ4n) is 2.62. The Kier molecular flexibility index (Phi) is 4.52. The van der Waals surface area contributed by atoms with Crippen LogP contribution in [0.25, 0.3) is 0 Å². The first-order chi connectivity index (χ1) is 9.98. The number of nitro benzene ring substituents is 1. The zero-order chi connectivity index (χ0) is 15.5. The number of anilines is 1. The van der Waals surface area contributed by atoms with Crippen molar-refractivity contribution < 1.29 is 14.1 Å². The zero-order valence-electron chi connectivity index (χ0n) is 11.8. The lowest BCUT2D eigenvalue weighted by atomic mass is 9.76. The van der Waals surface area contributed by atoms with Crippen LogP contribution in [0, 0.1) is 21.3 Å².